The first-order valence-corrected chi connectivity index (χ1v) is 6.63. The molecule has 3 rings (SSSR count). The maximum absolute atomic E-state index is 12.1. The van der Waals surface area contributed by atoms with Crippen molar-refractivity contribution in [1.29, 1.82) is 0 Å². The molecule has 2 N–H and O–H groups in total. The number of aromatic amines is 1. The lowest BCUT2D eigenvalue weighted by Crippen LogP contribution is -2.12. The number of benzene rings is 1. The van der Waals surface area contributed by atoms with E-state index in [1.807, 2.05) is 12.1 Å². The zero-order chi connectivity index (χ0) is 14.7. The first-order valence-electron chi connectivity index (χ1n) is 6.26. The lowest BCUT2D eigenvalue weighted by molar-refractivity contribution is 0.102. The summed E-state index contributed by atoms with van der Waals surface area (Å²) in [4.78, 5) is 16.1. The van der Waals surface area contributed by atoms with Gasteiger partial charge in [-0.1, -0.05) is 23.7 Å². The summed E-state index contributed by atoms with van der Waals surface area (Å²) in [5.41, 5.74) is 2.15. The molecule has 0 fully saturated rings. The summed E-state index contributed by atoms with van der Waals surface area (Å²) in [5.74, 6) is 0.139. The minimum Gasteiger partial charge on any atom is -0.305 e. The van der Waals surface area contributed by atoms with Crippen LogP contribution in [-0.4, -0.2) is 21.1 Å². The summed E-state index contributed by atoms with van der Waals surface area (Å²) in [5, 5.41) is 10.0. The van der Waals surface area contributed by atoms with E-state index >= 15 is 0 Å². The molecule has 0 bridgehead atoms. The van der Waals surface area contributed by atoms with Crippen LogP contribution in [0.1, 0.15) is 10.4 Å². The maximum atomic E-state index is 12.1. The number of hydrogen-bond acceptors (Lipinski definition) is 3. The molecule has 0 spiro atoms. The quantitative estimate of drug-likeness (QED) is 0.778. The molecule has 1 aromatic carbocycles. The molecule has 0 aliphatic carbocycles. The average Bonchev–Trinajstić information content (AvgIpc) is 2.97. The van der Waals surface area contributed by atoms with Crippen LogP contribution in [0.5, 0.6) is 0 Å². The fourth-order valence-electron chi connectivity index (χ4n) is 1.89. The summed E-state index contributed by atoms with van der Waals surface area (Å²) < 4.78 is 0. The zero-order valence-electron chi connectivity index (χ0n) is 10.9. The summed E-state index contributed by atoms with van der Waals surface area (Å²) in [7, 11) is 0. The number of anilines is 1. The Morgan fingerprint density at radius 1 is 1.14 bits per heavy atom. The number of nitrogens with zero attached hydrogens (tertiary/aromatic N) is 2. The Morgan fingerprint density at radius 2 is 1.90 bits per heavy atom. The van der Waals surface area contributed by atoms with Crippen LogP contribution in [0.2, 0.25) is 5.02 Å². The number of carbonyl (C=O) groups excluding carboxylic acids is 1. The number of H-pyrrole nitrogens is 1. The van der Waals surface area contributed by atoms with E-state index in [9.17, 15) is 4.79 Å². The number of pyridine rings is 1. The minimum absolute atomic E-state index is 0.298. The van der Waals surface area contributed by atoms with Gasteiger partial charge in [-0.2, -0.15) is 5.10 Å². The molecule has 5 nitrogen and oxygen atoms in total. The molecule has 0 radical (unpaired) electrons. The molecule has 0 saturated carbocycles. The fourth-order valence-corrected chi connectivity index (χ4v) is 2.12. The van der Waals surface area contributed by atoms with Gasteiger partial charge >= 0.3 is 0 Å². The molecule has 0 unspecified atom stereocenters. The minimum atomic E-state index is -0.298. The number of rotatable bonds is 3. The van der Waals surface area contributed by atoms with Gasteiger partial charge in [0.1, 0.15) is 0 Å². The third-order valence-corrected chi connectivity index (χ3v) is 3.26. The van der Waals surface area contributed by atoms with Crippen LogP contribution < -0.4 is 5.32 Å². The van der Waals surface area contributed by atoms with E-state index in [0.717, 1.165) is 11.3 Å². The van der Waals surface area contributed by atoms with Gasteiger partial charge in [-0.15, -0.1) is 0 Å². The van der Waals surface area contributed by atoms with Gasteiger partial charge in [-0.3, -0.25) is 14.9 Å². The highest BCUT2D eigenvalue weighted by molar-refractivity contribution is 6.34. The van der Waals surface area contributed by atoms with Gasteiger partial charge in [-0.05, 0) is 24.3 Å². The zero-order valence-corrected chi connectivity index (χ0v) is 11.6. The third-order valence-electron chi connectivity index (χ3n) is 2.93. The van der Waals surface area contributed by atoms with E-state index in [1.165, 1.54) is 0 Å². The normalized spacial score (nSPS) is 10.3. The van der Waals surface area contributed by atoms with Gasteiger partial charge in [0.2, 0.25) is 0 Å². The van der Waals surface area contributed by atoms with Crippen molar-refractivity contribution >= 4 is 23.3 Å². The number of nitrogens with one attached hydrogen (secondary N) is 2. The first-order chi connectivity index (χ1) is 10.2. The molecule has 0 saturated heterocycles. The molecular formula is C15H11ClN4O. The molecule has 1 amide bonds. The second-order valence-corrected chi connectivity index (χ2v) is 4.74. The van der Waals surface area contributed by atoms with E-state index in [4.69, 9.17) is 11.6 Å². The second kappa shape index (κ2) is 5.76. The van der Waals surface area contributed by atoms with Crippen molar-refractivity contribution in [2.24, 2.45) is 0 Å². The van der Waals surface area contributed by atoms with Crippen molar-refractivity contribution in [3.8, 4) is 11.3 Å². The lowest BCUT2D eigenvalue weighted by atomic mass is 10.2. The Bertz CT molecular complexity index is 770. The predicted octanol–water partition coefficient (Wildman–Crippen LogP) is 3.38. The van der Waals surface area contributed by atoms with Crippen LogP contribution in [0.4, 0.5) is 5.82 Å². The lowest BCUT2D eigenvalue weighted by Gasteiger charge is -2.03. The molecule has 104 valence electrons. The smallest absolute Gasteiger partial charge is 0.258 e. The molecule has 21 heavy (non-hydrogen) atoms. The van der Waals surface area contributed by atoms with Crippen molar-refractivity contribution in [1.82, 2.24) is 15.2 Å². The molecule has 6 heteroatoms. The molecule has 0 atom stereocenters. The van der Waals surface area contributed by atoms with E-state index in [-0.39, 0.29) is 5.91 Å². The Morgan fingerprint density at radius 3 is 2.67 bits per heavy atom. The van der Waals surface area contributed by atoms with Crippen LogP contribution in [0.25, 0.3) is 11.3 Å². The van der Waals surface area contributed by atoms with Gasteiger partial charge in [0.25, 0.3) is 5.91 Å². The topological polar surface area (TPSA) is 70.7 Å². The second-order valence-electron chi connectivity index (χ2n) is 4.34. The number of carbonyl (C=O) groups is 1. The van der Waals surface area contributed by atoms with Gasteiger partial charge in [-0.25, -0.2) is 0 Å². The molecule has 0 aliphatic heterocycles. The Hall–Kier alpha value is -2.66. The van der Waals surface area contributed by atoms with Gasteiger partial charge in [0, 0.05) is 24.0 Å². The SMILES string of the molecule is O=C(Nc1cc(-c2ccncc2)[nH]n1)c1ccccc1Cl. The van der Waals surface area contributed by atoms with Gasteiger partial charge in [0.15, 0.2) is 5.82 Å². The largest absolute Gasteiger partial charge is 0.305 e. The van der Waals surface area contributed by atoms with Crippen molar-refractivity contribution in [2.75, 3.05) is 5.32 Å². The van der Waals surface area contributed by atoms with Crippen molar-refractivity contribution in [3.05, 3.63) is 65.4 Å². The van der Waals surface area contributed by atoms with Crippen LogP contribution >= 0.6 is 11.6 Å². The highest BCUT2D eigenvalue weighted by Crippen LogP contribution is 2.20. The van der Waals surface area contributed by atoms with E-state index in [2.05, 4.69) is 20.5 Å². The van der Waals surface area contributed by atoms with Crippen LogP contribution in [-0.2, 0) is 0 Å². The van der Waals surface area contributed by atoms with Crippen molar-refractivity contribution in [3.63, 3.8) is 0 Å². The van der Waals surface area contributed by atoms with E-state index in [0.29, 0.717) is 16.4 Å². The van der Waals surface area contributed by atoms with E-state index in [1.54, 1.807) is 42.7 Å². The summed E-state index contributed by atoms with van der Waals surface area (Å²) in [6, 6.07) is 12.3. The molecule has 3 aromatic rings. The Kier molecular flexibility index (Phi) is 3.66. The molecule has 0 aliphatic rings. The summed E-state index contributed by atoms with van der Waals surface area (Å²) >= 11 is 5.99. The number of amides is 1. The highest BCUT2D eigenvalue weighted by atomic mass is 35.5. The highest BCUT2D eigenvalue weighted by Gasteiger charge is 2.11. The van der Waals surface area contributed by atoms with Crippen LogP contribution in [0, 0.1) is 0 Å². The van der Waals surface area contributed by atoms with Gasteiger partial charge < -0.3 is 5.32 Å². The maximum Gasteiger partial charge on any atom is 0.258 e. The van der Waals surface area contributed by atoms with Crippen molar-refractivity contribution < 1.29 is 4.79 Å². The Labute approximate surface area is 126 Å². The summed E-state index contributed by atoms with van der Waals surface area (Å²) in [6.45, 7) is 0. The summed E-state index contributed by atoms with van der Waals surface area (Å²) in [6.07, 6.45) is 3.39. The molecule has 2 heterocycles. The van der Waals surface area contributed by atoms with Crippen LogP contribution in [0.3, 0.4) is 0 Å². The molecule has 2 aromatic heterocycles. The fraction of sp³-hybridized carbons (Fsp3) is 0. The average molecular weight is 299 g/mol. The monoisotopic (exact) mass is 298 g/mol. The van der Waals surface area contributed by atoms with Crippen molar-refractivity contribution in [2.45, 2.75) is 0 Å². The number of halogens is 1. The molecular weight excluding hydrogens is 288 g/mol. The first kappa shape index (κ1) is 13.3. The number of aromatic nitrogens is 3. The van der Waals surface area contributed by atoms with E-state index < -0.39 is 0 Å². The van der Waals surface area contributed by atoms with Gasteiger partial charge in [0.05, 0.1) is 16.3 Å². The third kappa shape index (κ3) is 2.93. The Balaban J connectivity index is 1.79. The number of hydrogen-bond donors (Lipinski definition) is 2. The van der Waals surface area contributed by atoms with Crippen LogP contribution in [0.15, 0.2) is 54.9 Å². The predicted molar refractivity (Wildman–Crippen MR) is 81.2 cm³/mol. The standard InChI is InChI=1S/C15H11ClN4O/c16-12-4-2-1-3-11(12)15(21)18-14-9-13(19-20-14)10-5-7-17-8-6-10/h1-9H,(H2,18,19,20,21).